The van der Waals surface area contributed by atoms with Crippen molar-refractivity contribution in [1.82, 2.24) is 20.5 Å². The molecule has 0 aliphatic carbocycles. The van der Waals surface area contributed by atoms with Gasteiger partial charge in [-0.2, -0.15) is 8.42 Å². The molecule has 3 amide bonds. The molecule has 1 aliphatic rings. The van der Waals surface area contributed by atoms with Crippen LogP contribution < -0.4 is 10.6 Å². The Balaban J connectivity index is 1.14. The smallest absolute Gasteiger partial charge is 0.297 e. The molecule has 1 saturated heterocycles. The first-order valence-electron chi connectivity index (χ1n) is 17.4. The molecular formula is C37H50N4O10S2. The normalized spacial score (nSPS) is 16.8. The molecule has 3 N–H and O–H groups in total. The zero-order valence-corrected chi connectivity index (χ0v) is 32.5. The molecule has 1 fully saturated rings. The van der Waals surface area contributed by atoms with Crippen molar-refractivity contribution >= 4 is 39.2 Å². The van der Waals surface area contributed by atoms with E-state index in [-0.39, 0.29) is 76.6 Å². The number of aromatic nitrogens is 1. The Morgan fingerprint density at radius 2 is 1.57 bits per heavy atom. The molecule has 290 valence electrons. The van der Waals surface area contributed by atoms with Crippen LogP contribution in [-0.4, -0.2) is 112 Å². The monoisotopic (exact) mass is 774 g/mol. The molecule has 4 rings (SSSR count). The van der Waals surface area contributed by atoms with E-state index in [9.17, 15) is 27.9 Å². The molecule has 2 heterocycles. The van der Waals surface area contributed by atoms with Crippen molar-refractivity contribution in [2.75, 3.05) is 52.8 Å². The third-order valence-electron chi connectivity index (χ3n) is 8.46. The molecule has 1 aliphatic heterocycles. The van der Waals surface area contributed by atoms with Gasteiger partial charge in [0.25, 0.3) is 10.1 Å². The molecule has 2 aromatic carbocycles. The number of β-amino-alcohol motifs (C(OH)–C–C–N with tert-alkyl or cyclic N) is 1. The van der Waals surface area contributed by atoms with Gasteiger partial charge in [-0.15, -0.1) is 11.3 Å². The predicted octanol–water partition coefficient (Wildman–Crippen LogP) is 2.99. The Bertz CT molecular complexity index is 1760. The number of thiazole rings is 1. The highest BCUT2D eigenvalue weighted by Crippen LogP contribution is 2.28. The maximum Gasteiger partial charge on any atom is 0.297 e. The molecule has 0 saturated carbocycles. The fraction of sp³-hybridized carbons (Fsp3) is 0.514. The molecule has 16 heteroatoms. The highest BCUT2D eigenvalue weighted by atomic mass is 32.2. The van der Waals surface area contributed by atoms with E-state index in [1.54, 1.807) is 49.8 Å². The molecule has 53 heavy (non-hydrogen) atoms. The summed E-state index contributed by atoms with van der Waals surface area (Å²) in [4.78, 5) is 46.8. The SMILES string of the molecule is Cc1ccc(S(=O)(=O)OCCOCCOCCOCC(=O)N[C@H](C(=O)N2CC(O)C[C@H]2C(=O)NCc2ccc(-c3scnc3C)cc2)C(C)(C)C)cc1. The van der Waals surface area contributed by atoms with Crippen LogP contribution in [-0.2, 0) is 49.4 Å². The number of carbonyl (C=O) groups is 3. The number of amides is 3. The maximum absolute atomic E-state index is 13.8. The lowest BCUT2D eigenvalue weighted by Crippen LogP contribution is -2.58. The van der Waals surface area contributed by atoms with Gasteiger partial charge in [0, 0.05) is 19.5 Å². The van der Waals surface area contributed by atoms with Gasteiger partial charge in [-0.3, -0.25) is 18.6 Å². The Labute approximate surface area is 315 Å². The van der Waals surface area contributed by atoms with E-state index in [2.05, 4.69) is 15.6 Å². The molecule has 14 nitrogen and oxygen atoms in total. The van der Waals surface area contributed by atoms with Gasteiger partial charge in [-0.05, 0) is 42.5 Å². The van der Waals surface area contributed by atoms with Gasteiger partial charge in [0.2, 0.25) is 17.7 Å². The number of benzene rings is 2. The van der Waals surface area contributed by atoms with Crippen LogP contribution in [0.15, 0.2) is 58.9 Å². The maximum atomic E-state index is 13.8. The number of nitrogens with one attached hydrogen (secondary N) is 2. The van der Waals surface area contributed by atoms with Gasteiger partial charge < -0.3 is 34.9 Å². The van der Waals surface area contributed by atoms with Gasteiger partial charge in [-0.25, -0.2) is 4.98 Å². The summed E-state index contributed by atoms with van der Waals surface area (Å²) in [6.45, 7) is 9.76. The number of ether oxygens (including phenoxy) is 3. The van der Waals surface area contributed by atoms with E-state index in [0.717, 1.165) is 27.3 Å². The minimum absolute atomic E-state index is 0.0284. The molecule has 0 radical (unpaired) electrons. The van der Waals surface area contributed by atoms with E-state index in [1.165, 1.54) is 17.0 Å². The summed E-state index contributed by atoms with van der Waals surface area (Å²) in [6, 6.07) is 12.3. The number of aryl methyl sites for hydroxylation is 2. The second-order valence-corrected chi connectivity index (χ2v) is 16.3. The Hall–Kier alpha value is -3.77. The third kappa shape index (κ3) is 12.7. The Morgan fingerprint density at radius 1 is 0.943 bits per heavy atom. The summed E-state index contributed by atoms with van der Waals surface area (Å²) in [5.74, 6) is -1.36. The summed E-state index contributed by atoms with van der Waals surface area (Å²) < 4.78 is 45.6. The van der Waals surface area contributed by atoms with Crippen molar-refractivity contribution in [2.45, 2.75) is 70.7 Å². The van der Waals surface area contributed by atoms with Crippen LogP contribution in [0.3, 0.4) is 0 Å². The Kier molecular flexibility index (Phi) is 15.5. The van der Waals surface area contributed by atoms with Crippen LogP contribution in [0.2, 0.25) is 0 Å². The van der Waals surface area contributed by atoms with Crippen LogP contribution in [0.4, 0.5) is 0 Å². The topological polar surface area (TPSA) is 183 Å². The van der Waals surface area contributed by atoms with E-state index >= 15 is 0 Å². The van der Waals surface area contributed by atoms with Crippen molar-refractivity contribution in [3.63, 3.8) is 0 Å². The van der Waals surface area contributed by atoms with Crippen molar-refractivity contribution in [1.29, 1.82) is 0 Å². The first-order chi connectivity index (χ1) is 25.2. The molecule has 3 aromatic rings. The highest BCUT2D eigenvalue weighted by Gasteiger charge is 2.44. The number of likely N-dealkylation sites (tertiary alicyclic amines) is 1. The minimum Gasteiger partial charge on any atom is -0.391 e. The van der Waals surface area contributed by atoms with Crippen molar-refractivity contribution in [2.24, 2.45) is 5.41 Å². The van der Waals surface area contributed by atoms with Crippen LogP contribution in [0.25, 0.3) is 10.4 Å². The first-order valence-corrected chi connectivity index (χ1v) is 19.7. The van der Waals surface area contributed by atoms with Crippen molar-refractivity contribution in [3.05, 3.63) is 70.9 Å². The summed E-state index contributed by atoms with van der Waals surface area (Å²) in [6.07, 6.45) is -0.792. The third-order valence-corrected chi connectivity index (χ3v) is 10.8. The zero-order chi connectivity index (χ0) is 38.6. The van der Waals surface area contributed by atoms with Crippen molar-refractivity contribution in [3.8, 4) is 10.4 Å². The zero-order valence-electron chi connectivity index (χ0n) is 30.8. The standard InChI is InChI=1S/C37H50N4O10S2/c1-25-6-12-30(13-7-25)53(46,47)51-19-18-49-15-14-48-16-17-50-23-32(43)40-34(37(3,4)5)36(45)41-22-29(42)20-31(41)35(44)38-21-27-8-10-28(11-9-27)33-26(2)39-24-52-33/h6-13,24,29,31,34,42H,14-23H2,1-5H3,(H,38,44)(H,40,43)/t29?,31-,34+/m0/s1. The quantitative estimate of drug-likeness (QED) is 0.120. The van der Waals surface area contributed by atoms with Crippen molar-refractivity contribution < 1.29 is 46.3 Å². The Morgan fingerprint density at radius 3 is 2.17 bits per heavy atom. The first kappa shape index (κ1) is 42.0. The van der Waals surface area contributed by atoms with E-state index in [0.29, 0.717) is 0 Å². The number of aliphatic hydroxyl groups excluding tert-OH is 1. The van der Waals surface area contributed by atoms with Gasteiger partial charge in [0.15, 0.2) is 0 Å². The summed E-state index contributed by atoms with van der Waals surface area (Å²) in [5, 5.41) is 16.1. The minimum atomic E-state index is -3.85. The number of rotatable bonds is 19. The number of carbonyl (C=O) groups excluding carboxylic acids is 3. The van der Waals surface area contributed by atoms with Gasteiger partial charge in [0.1, 0.15) is 18.7 Å². The molecule has 1 aromatic heterocycles. The lowest BCUT2D eigenvalue weighted by Gasteiger charge is -2.35. The second-order valence-electron chi connectivity index (χ2n) is 13.8. The van der Waals surface area contributed by atoms with Gasteiger partial charge in [-0.1, -0.05) is 62.7 Å². The van der Waals surface area contributed by atoms with E-state index in [4.69, 9.17) is 18.4 Å². The number of hydrogen-bond donors (Lipinski definition) is 3. The summed E-state index contributed by atoms with van der Waals surface area (Å²) in [7, 11) is -3.85. The van der Waals surface area contributed by atoms with Gasteiger partial charge >= 0.3 is 0 Å². The highest BCUT2D eigenvalue weighted by molar-refractivity contribution is 7.86. The number of aliphatic hydroxyl groups is 1. The van der Waals surface area contributed by atoms with E-state index < -0.39 is 45.5 Å². The fourth-order valence-electron chi connectivity index (χ4n) is 5.56. The van der Waals surface area contributed by atoms with E-state index in [1.807, 2.05) is 38.1 Å². The lowest BCUT2D eigenvalue weighted by atomic mass is 9.85. The molecular weight excluding hydrogens is 725 g/mol. The average molecular weight is 775 g/mol. The summed E-state index contributed by atoms with van der Waals surface area (Å²) in [5.41, 5.74) is 4.92. The molecule has 1 unspecified atom stereocenters. The molecule has 0 spiro atoms. The second kappa shape index (κ2) is 19.5. The number of nitrogens with zero attached hydrogens (tertiary/aromatic N) is 2. The average Bonchev–Trinajstić information content (AvgIpc) is 3.73. The largest absolute Gasteiger partial charge is 0.391 e. The lowest BCUT2D eigenvalue weighted by molar-refractivity contribution is -0.144. The summed E-state index contributed by atoms with van der Waals surface area (Å²) >= 11 is 1.56. The predicted molar refractivity (Wildman–Crippen MR) is 198 cm³/mol. The molecule has 3 atom stereocenters. The molecule has 0 bridgehead atoms. The fourth-order valence-corrected chi connectivity index (χ4v) is 7.27. The van der Waals surface area contributed by atoms with Crippen LogP contribution >= 0.6 is 11.3 Å². The van der Waals surface area contributed by atoms with Crippen LogP contribution in [0, 0.1) is 19.3 Å². The van der Waals surface area contributed by atoms with Crippen LogP contribution in [0.5, 0.6) is 0 Å². The van der Waals surface area contributed by atoms with Crippen LogP contribution in [0.1, 0.15) is 44.0 Å². The van der Waals surface area contributed by atoms with Gasteiger partial charge in [0.05, 0.1) is 66.7 Å². The number of hydrogen-bond acceptors (Lipinski definition) is 12.